The molecule has 0 radical (unpaired) electrons. The number of carbonyl (C=O) groups excluding carboxylic acids is 1. The molecule has 0 bridgehead atoms. The van der Waals surface area contributed by atoms with Gasteiger partial charge in [-0.2, -0.15) is 0 Å². The molecule has 2 rings (SSSR count). The van der Waals surface area contributed by atoms with Crippen LogP contribution in [0.15, 0.2) is 18.2 Å². The lowest BCUT2D eigenvalue weighted by molar-refractivity contribution is -0.00461. The topological polar surface area (TPSA) is 59.0 Å². The number of hydrogen-bond donors (Lipinski definition) is 1. The highest BCUT2D eigenvalue weighted by Crippen LogP contribution is 2.28. The van der Waals surface area contributed by atoms with Gasteiger partial charge in [0.15, 0.2) is 5.78 Å². The van der Waals surface area contributed by atoms with E-state index in [0.29, 0.717) is 18.7 Å². The highest BCUT2D eigenvalue weighted by Gasteiger charge is 2.33. The second kappa shape index (κ2) is 5.59. The number of rotatable bonds is 4. The number of benzene rings is 1. The Labute approximate surface area is 112 Å². The molecule has 1 aliphatic heterocycles. The van der Waals surface area contributed by atoms with Gasteiger partial charge < -0.3 is 19.5 Å². The minimum absolute atomic E-state index is 0.0135. The lowest BCUT2D eigenvalue weighted by atomic mass is 10.1. The molecule has 0 aromatic heterocycles. The predicted molar refractivity (Wildman–Crippen MR) is 71.9 cm³/mol. The molecule has 0 aliphatic carbocycles. The Balaban J connectivity index is 2.20. The van der Waals surface area contributed by atoms with Crippen molar-refractivity contribution in [1.29, 1.82) is 0 Å². The van der Waals surface area contributed by atoms with Gasteiger partial charge in [-0.15, -0.1) is 0 Å². The van der Waals surface area contributed by atoms with Crippen molar-refractivity contribution in [1.82, 2.24) is 0 Å². The molecule has 0 amide bonds. The average molecular weight is 265 g/mol. The molecule has 1 heterocycles. The van der Waals surface area contributed by atoms with E-state index in [4.69, 9.17) is 9.47 Å². The second-order valence-corrected chi connectivity index (χ2v) is 4.71. The first kappa shape index (κ1) is 13.8. The van der Waals surface area contributed by atoms with Crippen LogP contribution in [-0.2, 0) is 9.47 Å². The number of nitrogens with zero attached hydrogens (tertiary/aromatic N) is 1. The Hall–Kier alpha value is -1.59. The molecule has 5 nitrogen and oxygen atoms in total. The Kier molecular flexibility index (Phi) is 4.07. The maximum atomic E-state index is 11.3. The van der Waals surface area contributed by atoms with E-state index in [2.05, 4.69) is 4.90 Å². The zero-order chi connectivity index (χ0) is 14.0. The molecule has 5 heteroatoms. The molecule has 104 valence electrons. The fourth-order valence-corrected chi connectivity index (χ4v) is 2.42. The van der Waals surface area contributed by atoms with Gasteiger partial charge in [0.05, 0.1) is 5.56 Å². The SMILES string of the molecule is COC1CN(c2ccc(C(C)=O)c(O)c2)CC1OC. The van der Waals surface area contributed by atoms with Crippen LogP contribution in [-0.4, -0.2) is 50.4 Å². The quantitative estimate of drug-likeness (QED) is 0.835. The van der Waals surface area contributed by atoms with Crippen LogP contribution < -0.4 is 4.90 Å². The number of carbonyl (C=O) groups is 1. The summed E-state index contributed by atoms with van der Waals surface area (Å²) >= 11 is 0. The van der Waals surface area contributed by atoms with Gasteiger partial charge in [-0.1, -0.05) is 0 Å². The average Bonchev–Trinajstić information content (AvgIpc) is 2.81. The monoisotopic (exact) mass is 265 g/mol. The van der Waals surface area contributed by atoms with Crippen molar-refractivity contribution in [3.8, 4) is 5.75 Å². The van der Waals surface area contributed by atoms with Crippen LogP contribution in [0.25, 0.3) is 0 Å². The van der Waals surface area contributed by atoms with Gasteiger partial charge in [-0.3, -0.25) is 4.79 Å². The van der Waals surface area contributed by atoms with E-state index in [0.717, 1.165) is 5.69 Å². The Morgan fingerprint density at radius 2 is 1.84 bits per heavy atom. The summed E-state index contributed by atoms with van der Waals surface area (Å²) in [5.74, 6) is -0.130. The third kappa shape index (κ3) is 2.72. The van der Waals surface area contributed by atoms with E-state index in [1.165, 1.54) is 6.92 Å². The van der Waals surface area contributed by atoms with E-state index in [1.54, 1.807) is 26.4 Å². The van der Waals surface area contributed by atoms with Crippen molar-refractivity contribution in [3.63, 3.8) is 0 Å². The van der Waals surface area contributed by atoms with Crippen molar-refractivity contribution in [2.45, 2.75) is 19.1 Å². The Morgan fingerprint density at radius 3 is 2.26 bits per heavy atom. The first-order valence-corrected chi connectivity index (χ1v) is 6.21. The molecular formula is C14H19NO4. The molecule has 19 heavy (non-hydrogen) atoms. The molecule has 1 fully saturated rings. The molecule has 2 atom stereocenters. The number of Topliss-reactive ketones (excluding diaryl/α,β-unsaturated/α-hetero) is 1. The zero-order valence-corrected chi connectivity index (χ0v) is 11.4. The molecular weight excluding hydrogens is 246 g/mol. The Bertz CT molecular complexity index is 463. The zero-order valence-electron chi connectivity index (χ0n) is 11.4. The van der Waals surface area contributed by atoms with E-state index in [9.17, 15) is 9.90 Å². The highest BCUT2D eigenvalue weighted by atomic mass is 16.5. The van der Waals surface area contributed by atoms with Gasteiger partial charge in [0.25, 0.3) is 0 Å². The summed E-state index contributed by atoms with van der Waals surface area (Å²) in [5.41, 5.74) is 1.21. The normalized spacial score (nSPS) is 22.8. The first-order chi connectivity index (χ1) is 9.06. The van der Waals surface area contributed by atoms with Crippen LogP contribution in [0.1, 0.15) is 17.3 Å². The summed E-state index contributed by atoms with van der Waals surface area (Å²) in [7, 11) is 3.33. The molecule has 1 saturated heterocycles. The highest BCUT2D eigenvalue weighted by molar-refractivity contribution is 5.97. The van der Waals surface area contributed by atoms with E-state index in [1.807, 2.05) is 6.07 Å². The minimum Gasteiger partial charge on any atom is -0.507 e. The number of methoxy groups -OCH3 is 2. The summed E-state index contributed by atoms with van der Waals surface area (Å²) in [4.78, 5) is 13.4. The van der Waals surface area contributed by atoms with Gasteiger partial charge in [0.2, 0.25) is 0 Å². The molecule has 1 aliphatic rings. The fourth-order valence-electron chi connectivity index (χ4n) is 2.42. The number of phenolic OH excluding ortho intramolecular Hbond substituents is 1. The van der Waals surface area contributed by atoms with E-state index < -0.39 is 0 Å². The smallest absolute Gasteiger partial charge is 0.163 e. The molecule has 1 N–H and O–H groups in total. The third-order valence-corrected chi connectivity index (χ3v) is 3.55. The summed E-state index contributed by atoms with van der Waals surface area (Å²) in [5, 5.41) is 9.86. The van der Waals surface area contributed by atoms with Gasteiger partial charge in [0, 0.05) is 39.1 Å². The summed E-state index contributed by atoms with van der Waals surface area (Å²) in [6.07, 6.45) is 0.0271. The van der Waals surface area contributed by atoms with Gasteiger partial charge in [-0.05, 0) is 19.1 Å². The maximum absolute atomic E-state index is 11.3. The predicted octanol–water partition coefficient (Wildman–Crippen LogP) is 1.44. The van der Waals surface area contributed by atoms with Crippen molar-refractivity contribution < 1.29 is 19.4 Å². The molecule has 1 aromatic rings. The number of phenols is 1. The molecule has 2 unspecified atom stereocenters. The van der Waals surface area contributed by atoms with Crippen molar-refractivity contribution >= 4 is 11.5 Å². The van der Waals surface area contributed by atoms with Crippen LogP contribution in [0.5, 0.6) is 5.75 Å². The van der Waals surface area contributed by atoms with Crippen LogP contribution in [0.4, 0.5) is 5.69 Å². The lowest BCUT2D eigenvalue weighted by Gasteiger charge is -2.18. The summed E-state index contributed by atoms with van der Waals surface area (Å²) < 4.78 is 10.8. The maximum Gasteiger partial charge on any atom is 0.163 e. The number of anilines is 1. The molecule has 0 spiro atoms. The summed E-state index contributed by atoms with van der Waals surface area (Å²) in [6, 6.07) is 5.09. The van der Waals surface area contributed by atoms with E-state index >= 15 is 0 Å². The van der Waals surface area contributed by atoms with Crippen LogP contribution >= 0.6 is 0 Å². The van der Waals surface area contributed by atoms with Crippen LogP contribution in [0, 0.1) is 0 Å². The molecule has 1 aromatic carbocycles. The number of ketones is 1. The van der Waals surface area contributed by atoms with Crippen molar-refractivity contribution in [2.75, 3.05) is 32.2 Å². The fraction of sp³-hybridized carbons (Fsp3) is 0.500. The van der Waals surface area contributed by atoms with Crippen LogP contribution in [0.3, 0.4) is 0 Å². The summed E-state index contributed by atoms with van der Waals surface area (Å²) in [6.45, 7) is 2.84. The van der Waals surface area contributed by atoms with Gasteiger partial charge >= 0.3 is 0 Å². The third-order valence-electron chi connectivity index (χ3n) is 3.55. The van der Waals surface area contributed by atoms with Gasteiger partial charge in [0.1, 0.15) is 18.0 Å². The minimum atomic E-state index is -0.144. The number of ether oxygens (including phenoxy) is 2. The van der Waals surface area contributed by atoms with Crippen molar-refractivity contribution in [2.24, 2.45) is 0 Å². The second-order valence-electron chi connectivity index (χ2n) is 4.71. The number of aromatic hydroxyl groups is 1. The van der Waals surface area contributed by atoms with E-state index in [-0.39, 0.29) is 23.7 Å². The molecule has 0 saturated carbocycles. The first-order valence-electron chi connectivity index (χ1n) is 6.21. The standard InChI is InChI=1S/C14H19NO4/c1-9(16)11-5-4-10(6-12(11)17)15-7-13(18-2)14(8-15)19-3/h4-6,13-14,17H,7-8H2,1-3H3. The lowest BCUT2D eigenvalue weighted by Crippen LogP contribution is -2.27. The largest absolute Gasteiger partial charge is 0.507 e. The Morgan fingerprint density at radius 1 is 1.26 bits per heavy atom. The van der Waals surface area contributed by atoms with Crippen LogP contribution in [0.2, 0.25) is 0 Å². The van der Waals surface area contributed by atoms with Crippen molar-refractivity contribution in [3.05, 3.63) is 23.8 Å². The number of hydrogen-bond acceptors (Lipinski definition) is 5. The van der Waals surface area contributed by atoms with Gasteiger partial charge in [-0.25, -0.2) is 0 Å².